The minimum atomic E-state index is 0.0722. The third-order valence-corrected chi connectivity index (χ3v) is 4.06. The number of halogens is 1. The minimum absolute atomic E-state index is 0.0722. The fourth-order valence-electron chi connectivity index (χ4n) is 2.65. The normalized spacial score (nSPS) is 11.3. The highest BCUT2D eigenvalue weighted by atomic mass is 35.5. The van der Waals surface area contributed by atoms with Gasteiger partial charge in [-0.25, -0.2) is 0 Å². The number of para-hydroxylation sites is 1. The van der Waals surface area contributed by atoms with Crippen molar-refractivity contribution in [3.05, 3.63) is 57.2 Å². The van der Waals surface area contributed by atoms with Crippen molar-refractivity contribution in [3.8, 4) is 0 Å². The Morgan fingerprint density at radius 3 is 2.70 bits per heavy atom. The summed E-state index contributed by atoms with van der Waals surface area (Å²) in [7, 11) is 0. The largest absolute Gasteiger partial charge is 0.354 e. The van der Waals surface area contributed by atoms with E-state index in [1.54, 1.807) is 0 Å². The molecule has 0 aliphatic carbocycles. The Labute approximate surface area is 122 Å². The molecule has 1 heterocycles. The van der Waals surface area contributed by atoms with Crippen molar-refractivity contribution >= 4 is 33.4 Å². The SMILES string of the molecule is CCCCc1c(Cl)ccc2[nH]c3ccccc3c(=O)c12. The van der Waals surface area contributed by atoms with Crippen LogP contribution in [0, 0.1) is 0 Å². The van der Waals surface area contributed by atoms with Crippen molar-refractivity contribution in [1.29, 1.82) is 0 Å². The van der Waals surface area contributed by atoms with Gasteiger partial charge in [-0.1, -0.05) is 37.1 Å². The molecule has 0 fully saturated rings. The minimum Gasteiger partial charge on any atom is -0.354 e. The Kier molecular flexibility index (Phi) is 3.49. The molecule has 0 aliphatic heterocycles. The molecule has 0 aliphatic rings. The van der Waals surface area contributed by atoms with E-state index in [9.17, 15) is 4.79 Å². The Morgan fingerprint density at radius 1 is 1.10 bits per heavy atom. The standard InChI is InChI=1S/C17H16ClNO/c1-2-3-6-11-13(18)9-10-15-16(11)17(20)12-7-4-5-8-14(12)19-15/h4-5,7-10H,2-3,6H2,1H3,(H,19,20). The van der Waals surface area contributed by atoms with Gasteiger partial charge in [0, 0.05) is 15.9 Å². The van der Waals surface area contributed by atoms with Gasteiger partial charge in [0.05, 0.1) is 10.9 Å². The number of nitrogens with one attached hydrogen (secondary N) is 1. The topological polar surface area (TPSA) is 32.9 Å². The number of aromatic nitrogens is 1. The van der Waals surface area contributed by atoms with Crippen LogP contribution < -0.4 is 5.43 Å². The zero-order chi connectivity index (χ0) is 14.1. The van der Waals surface area contributed by atoms with Crippen LogP contribution in [0.3, 0.4) is 0 Å². The molecule has 0 bridgehead atoms. The average molecular weight is 286 g/mol. The summed E-state index contributed by atoms with van der Waals surface area (Å²) in [6.07, 6.45) is 2.96. The molecule has 20 heavy (non-hydrogen) atoms. The van der Waals surface area contributed by atoms with Crippen LogP contribution in [0.2, 0.25) is 5.02 Å². The highest BCUT2D eigenvalue weighted by Gasteiger charge is 2.12. The second-order valence-corrected chi connectivity index (χ2v) is 5.46. The summed E-state index contributed by atoms with van der Waals surface area (Å²) in [6, 6.07) is 11.4. The third kappa shape index (κ3) is 2.10. The number of H-pyrrole nitrogens is 1. The fourth-order valence-corrected chi connectivity index (χ4v) is 2.91. The van der Waals surface area contributed by atoms with Crippen LogP contribution in [-0.2, 0) is 6.42 Å². The van der Waals surface area contributed by atoms with Crippen molar-refractivity contribution in [1.82, 2.24) is 4.98 Å². The third-order valence-electron chi connectivity index (χ3n) is 3.70. The van der Waals surface area contributed by atoms with E-state index in [0.717, 1.165) is 46.6 Å². The van der Waals surface area contributed by atoms with Gasteiger partial charge < -0.3 is 4.98 Å². The number of hydrogen-bond acceptors (Lipinski definition) is 1. The lowest BCUT2D eigenvalue weighted by Crippen LogP contribution is -2.07. The van der Waals surface area contributed by atoms with E-state index in [-0.39, 0.29) is 5.43 Å². The molecule has 1 aromatic heterocycles. The maximum Gasteiger partial charge on any atom is 0.197 e. The van der Waals surface area contributed by atoms with E-state index in [1.165, 1.54) is 0 Å². The Bertz CT molecular complexity index is 835. The molecular formula is C17H16ClNO. The molecule has 2 aromatic carbocycles. The smallest absolute Gasteiger partial charge is 0.197 e. The molecule has 0 radical (unpaired) electrons. The van der Waals surface area contributed by atoms with E-state index in [2.05, 4.69) is 11.9 Å². The summed E-state index contributed by atoms with van der Waals surface area (Å²) in [4.78, 5) is 16.1. The van der Waals surface area contributed by atoms with Gasteiger partial charge in [0.25, 0.3) is 0 Å². The van der Waals surface area contributed by atoms with E-state index in [4.69, 9.17) is 11.6 Å². The Hall–Kier alpha value is -1.80. The van der Waals surface area contributed by atoms with Crippen LogP contribution in [0.1, 0.15) is 25.3 Å². The summed E-state index contributed by atoms with van der Waals surface area (Å²) >= 11 is 6.31. The highest BCUT2D eigenvalue weighted by Crippen LogP contribution is 2.26. The van der Waals surface area contributed by atoms with Gasteiger partial charge >= 0.3 is 0 Å². The number of aromatic amines is 1. The molecule has 102 valence electrons. The van der Waals surface area contributed by atoms with Crippen molar-refractivity contribution < 1.29 is 0 Å². The number of fused-ring (bicyclic) bond motifs is 2. The summed E-state index contributed by atoms with van der Waals surface area (Å²) in [6.45, 7) is 2.14. The summed E-state index contributed by atoms with van der Waals surface area (Å²) in [5.74, 6) is 0. The number of aryl methyl sites for hydroxylation is 1. The van der Waals surface area contributed by atoms with Crippen molar-refractivity contribution in [3.63, 3.8) is 0 Å². The van der Waals surface area contributed by atoms with E-state index in [1.807, 2.05) is 36.4 Å². The molecule has 0 atom stereocenters. The monoisotopic (exact) mass is 285 g/mol. The lowest BCUT2D eigenvalue weighted by molar-refractivity contribution is 0.799. The maximum absolute atomic E-state index is 12.7. The molecular weight excluding hydrogens is 270 g/mol. The summed E-state index contributed by atoms with van der Waals surface area (Å²) in [5.41, 5.74) is 2.78. The van der Waals surface area contributed by atoms with Crippen molar-refractivity contribution in [2.45, 2.75) is 26.2 Å². The molecule has 0 amide bonds. The van der Waals surface area contributed by atoms with Gasteiger partial charge in [-0.2, -0.15) is 0 Å². The van der Waals surface area contributed by atoms with Gasteiger partial charge in [0.2, 0.25) is 0 Å². The lowest BCUT2D eigenvalue weighted by Gasteiger charge is -2.09. The van der Waals surface area contributed by atoms with Gasteiger partial charge in [-0.05, 0) is 42.7 Å². The lowest BCUT2D eigenvalue weighted by atomic mass is 10.0. The molecule has 1 N–H and O–H groups in total. The number of rotatable bonds is 3. The maximum atomic E-state index is 12.7. The summed E-state index contributed by atoms with van der Waals surface area (Å²) in [5, 5.41) is 2.15. The molecule has 3 rings (SSSR count). The molecule has 3 aromatic rings. The Morgan fingerprint density at radius 2 is 1.90 bits per heavy atom. The second kappa shape index (κ2) is 5.29. The van der Waals surface area contributed by atoms with Gasteiger partial charge in [-0.3, -0.25) is 4.79 Å². The number of pyridine rings is 1. The first-order valence-electron chi connectivity index (χ1n) is 6.94. The molecule has 0 saturated carbocycles. The van der Waals surface area contributed by atoms with Gasteiger partial charge in [0.1, 0.15) is 0 Å². The Balaban J connectivity index is 2.40. The first-order chi connectivity index (χ1) is 9.72. The molecule has 0 saturated heterocycles. The quantitative estimate of drug-likeness (QED) is 0.697. The molecule has 3 heteroatoms. The zero-order valence-corrected chi connectivity index (χ0v) is 12.1. The number of unbranched alkanes of at least 4 members (excludes halogenated alkanes) is 1. The van der Waals surface area contributed by atoms with Crippen LogP contribution in [0.15, 0.2) is 41.2 Å². The number of benzene rings is 2. The van der Waals surface area contributed by atoms with E-state index in [0.29, 0.717) is 5.02 Å². The van der Waals surface area contributed by atoms with Gasteiger partial charge in [-0.15, -0.1) is 0 Å². The number of hydrogen-bond donors (Lipinski definition) is 1. The molecule has 0 spiro atoms. The first kappa shape index (κ1) is 13.2. The van der Waals surface area contributed by atoms with Crippen LogP contribution >= 0.6 is 11.6 Å². The van der Waals surface area contributed by atoms with Crippen LogP contribution in [0.25, 0.3) is 21.8 Å². The predicted molar refractivity (Wildman–Crippen MR) is 85.7 cm³/mol. The van der Waals surface area contributed by atoms with E-state index < -0.39 is 0 Å². The summed E-state index contributed by atoms with van der Waals surface area (Å²) < 4.78 is 0. The molecule has 2 nitrogen and oxygen atoms in total. The van der Waals surface area contributed by atoms with Crippen LogP contribution in [0.4, 0.5) is 0 Å². The van der Waals surface area contributed by atoms with Crippen LogP contribution in [-0.4, -0.2) is 4.98 Å². The molecule has 0 unspecified atom stereocenters. The average Bonchev–Trinajstić information content (AvgIpc) is 2.47. The fraction of sp³-hybridized carbons (Fsp3) is 0.235. The van der Waals surface area contributed by atoms with Crippen LogP contribution in [0.5, 0.6) is 0 Å². The van der Waals surface area contributed by atoms with Crippen molar-refractivity contribution in [2.24, 2.45) is 0 Å². The highest BCUT2D eigenvalue weighted by molar-refractivity contribution is 6.32. The second-order valence-electron chi connectivity index (χ2n) is 5.05. The van der Waals surface area contributed by atoms with Crippen molar-refractivity contribution in [2.75, 3.05) is 0 Å². The predicted octanol–water partition coefficient (Wildman–Crippen LogP) is 4.68. The van der Waals surface area contributed by atoms with E-state index >= 15 is 0 Å². The zero-order valence-electron chi connectivity index (χ0n) is 11.4. The van der Waals surface area contributed by atoms with Gasteiger partial charge in [0.15, 0.2) is 5.43 Å². The first-order valence-corrected chi connectivity index (χ1v) is 7.32.